The van der Waals surface area contributed by atoms with Gasteiger partial charge in [-0.1, -0.05) is 41.4 Å². The summed E-state index contributed by atoms with van der Waals surface area (Å²) in [5, 5.41) is 15.9. The molecule has 27 heavy (non-hydrogen) atoms. The molecule has 0 heterocycles. The SMILES string of the molecule is CC(=O)Nc1ccc(CC(=O)NCC(O)COc2cccc(Cl)c2Cl)cc1. The number of amides is 2. The van der Waals surface area contributed by atoms with E-state index < -0.39 is 6.10 Å². The molecule has 0 aliphatic carbocycles. The Labute approximate surface area is 167 Å². The minimum atomic E-state index is -0.897. The molecule has 2 aromatic rings. The molecule has 1 unspecified atom stereocenters. The fourth-order valence-electron chi connectivity index (χ4n) is 2.23. The summed E-state index contributed by atoms with van der Waals surface area (Å²) < 4.78 is 5.42. The third kappa shape index (κ3) is 7.09. The second-order valence-corrected chi connectivity index (χ2v) is 6.66. The highest BCUT2D eigenvalue weighted by molar-refractivity contribution is 6.42. The van der Waals surface area contributed by atoms with Gasteiger partial charge in [0.2, 0.25) is 11.8 Å². The van der Waals surface area contributed by atoms with Crippen molar-refractivity contribution >= 4 is 40.7 Å². The standard InChI is InChI=1S/C19H20Cl2N2O4/c1-12(24)23-14-7-5-13(6-8-14)9-18(26)22-10-15(25)11-27-17-4-2-3-16(20)19(17)21/h2-8,15,25H,9-11H2,1H3,(H,22,26)(H,23,24). The molecule has 0 aliphatic heterocycles. The van der Waals surface area contributed by atoms with Crippen molar-refractivity contribution in [3.05, 3.63) is 58.1 Å². The molecule has 0 bridgehead atoms. The maximum absolute atomic E-state index is 12.0. The molecule has 0 saturated heterocycles. The van der Waals surface area contributed by atoms with Crippen LogP contribution in [-0.4, -0.2) is 36.2 Å². The summed E-state index contributed by atoms with van der Waals surface area (Å²) >= 11 is 11.9. The lowest BCUT2D eigenvalue weighted by Gasteiger charge is -2.14. The van der Waals surface area contributed by atoms with Crippen molar-refractivity contribution < 1.29 is 19.4 Å². The van der Waals surface area contributed by atoms with Crippen LogP contribution in [0, 0.1) is 0 Å². The Bertz CT molecular complexity index is 797. The maximum Gasteiger partial charge on any atom is 0.224 e. The highest BCUT2D eigenvalue weighted by Gasteiger charge is 2.11. The van der Waals surface area contributed by atoms with Gasteiger partial charge in [-0.3, -0.25) is 9.59 Å². The van der Waals surface area contributed by atoms with E-state index in [9.17, 15) is 14.7 Å². The zero-order chi connectivity index (χ0) is 19.8. The Balaban J connectivity index is 1.74. The zero-order valence-electron chi connectivity index (χ0n) is 14.7. The van der Waals surface area contributed by atoms with Gasteiger partial charge in [-0.15, -0.1) is 0 Å². The molecule has 2 aromatic carbocycles. The van der Waals surface area contributed by atoms with Crippen LogP contribution in [0.2, 0.25) is 10.0 Å². The van der Waals surface area contributed by atoms with Crippen molar-refractivity contribution in [2.45, 2.75) is 19.4 Å². The molecule has 144 valence electrons. The summed E-state index contributed by atoms with van der Waals surface area (Å²) in [7, 11) is 0. The number of hydrogen-bond acceptors (Lipinski definition) is 4. The monoisotopic (exact) mass is 410 g/mol. The zero-order valence-corrected chi connectivity index (χ0v) is 16.2. The topological polar surface area (TPSA) is 87.7 Å². The first-order valence-corrected chi connectivity index (χ1v) is 8.99. The van der Waals surface area contributed by atoms with Gasteiger partial charge in [0.1, 0.15) is 23.5 Å². The number of halogens is 2. The van der Waals surface area contributed by atoms with Crippen LogP contribution in [0.25, 0.3) is 0 Å². The van der Waals surface area contributed by atoms with Gasteiger partial charge in [0.25, 0.3) is 0 Å². The Morgan fingerprint density at radius 3 is 2.52 bits per heavy atom. The van der Waals surface area contributed by atoms with E-state index in [0.29, 0.717) is 16.5 Å². The number of ether oxygens (including phenoxy) is 1. The van der Waals surface area contributed by atoms with E-state index in [0.717, 1.165) is 5.56 Å². The normalized spacial score (nSPS) is 11.6. The lowest BCUT2D eigenvalue weighted by Crippen LogP contribution is -2.36. The van der Waals surface area contributed by atoms with Crippen LogP contribution in [0.4, 0.5) is 5.69 Å². The molecule has 0 aliphatic rings. The fraction of sp³-hybridized carbons (Fsp3) is 0.263. The fourth-order valence-corrected chi connectivity index (χ4v) is 2.58. The molecular formula is C19H20Cl2N2O4. The van der Waals surface area contributed by atoms with Gasteiger partial charge < -0.3 is 20.5 Å². The smallest absolute Gasteiger partial charge is 0.224 e. The van der Waals surface area contributed by atoms with Crippen molar-refractivity contribution in [3.63, 3.8) is 0 Å². The highest BCUT2D eigenvalue weighted by Crippen LogP contribution is 2.31. The number of benzene rings is 2. The quantitative estimate of drug-likeness (QED) is 0.623. The Morgan fingerprint density at radius 2 is 1.85 bits per heavy atom. The van der Waals surface area contributed by atoms with Crippen LogP contribution >= 0.6 is 23.2 Å². The lowest BCUT2D eigenvalue weighted by molar-refractivity contribution is -0.121. The van der Waals surface area contributed by atoms with Gasteiger partial charge in [-0.2, -0.15) is 0 Å². The van der Waals surface area contributed by atoms with E-state index >= 15 is 0 Å². The molecule has 1 atom stereocenters. The van der Waals surface area contributed by atoms with Crippen molar-refractivity contribution in [2.24, 2.45) is 0 Å². The molecule has 0 fully saturated rings. The molecule has 3 N–H and O–H groups in total. The molecule has 2 amide bonds. The Kier molecular flexibility index (Phi) is 7.91. The number of anilines is 1. The van der Waals surface area contributed by atoms with Crippen LogP contribution in [0.3, 0.4) is 0 Å². The van der Waals surface area contributed by atoms with Crippen LogP contribution in [0.5, 0.6) is 5.75 Å². The highest BCUT2D eigenvalue weighted by atomic mass is 35.5. The number of carbonyl (C=O) groups is 2. The van der Waals surface area contributed by atoms with Crippen LogP contribution in [0.1, 0.15) is 12.5 Å². The summed E-state index contributed by atoms with van der Waals surface area (Å²) in [5.41, 5.74) is 1.46. The van der Waals surface area contributed by atoms with E-state index in [1.807, 2.05) is 0 Å². The van der Waals surface area contributed by atoms with E-state index in [1.165, 1.54) is 6.92 Å². The number of rotatable bonds is 8. The first-order chi connectivity index (χ1) is 12.8. The van der Waals surface area contributed by atoms with Crippen LogP contribution < -0.4 is 15.4 Å². The van der Waals surface area contributed by atoms with Gasteiger partial charge in [-0.05, 0) is 29.8 Å². The second-order valence-electron chi connectivity index (χ2n) is 5.88. The average molecular weight is 411 g/mol. The lowest BCUT2D eigenvalue weighted by atomic mass is 10.1. The molecule has 2 rings (SSSR count). The first-order valence-electron chi connectivity index (χ1n) is 8.23. The van der Waals surface area contributed by atoms with Crippen molar-refractivity contribution in [1.29, 1.82) is 0 Å². The minimum absolute atomic E-state index is 0.0360. The van der Waals surface area contributed by atoms with Gasteiger partial charge >= 0.3 is 0 Å². The first kappa shape index (κ1) is 21.0. The Hall–Kier alpha value is -2.28. The predicted octanol–water partition coefficient (Wildman–Crippen LogP) is 3.05. The van der Waals surface area contributed by atoms with E-state index in [1.54, 1.807) is 42.5 Å². The van der Waals surface area contributed by atoms with Crippen molar-refractivity contribution in [3.8, 4) is 5.75 Å². The van der Waals surface area contributed by atoms with E-state index in [4.69, 9.17) is 27.9 Å². The molecule has 6 nitrogen and oxygen atoms in total. The van der Waals surface area contributed by atoms with E-state index in [2.05, 4.69) is 10.6 Å². The van der Waals surface area contributed by atoms with E-state index in [-0.39, 0.29) is 36.4 Å². The predicted molar refractivity (Wildman–Crippen MR) is 105 cm³/mol. The van der Waals surface area contributed by atoms with Crippen LogP contribution in [0.15, 0.2) is 42.5 Å². The number of nitrogens with one attached hydrogen (secondary N) is 2. The number of aliphatic hydroxyl groups excluding tert-OH is 1. The summed E-state index contributed by atoms with van der Waals surface area (Å²) in [6.45, 7) is 1.43. The number of aliphatic hydroxyl groups is 1. The molecular weight excluding hydrogens is 391 g/mol. The summed E-state index contributed by atoms with van der Waals surface area (Å²) in [6, 6.07) is 11.9. The van der Waals surface area contributed by atoms with Gasteiger partial charge in [0.05, 0.1) is 11.4 Å². The summed E-state index contributed by atoms with van der Waals surface area (Å²) in [6.07, 6.45) is -0.736. The summed E-state index contributed by atoms with van der Waals surface area (Å²) in [5.74, 6) is -0.0216. The minimum Gasteiger partial charge on any atom is -0.489 e. The Morgan fingerprint density at radius 1 is 1.15 bits per heavy atom. The molecule has 0 radical (unpaired) electrons. The number of hydrogen-bond donors (Lipinski definition) is 3. The van der Waals surface area contributed by atoms with Crippen molar-refractivity contribution in [1.82, 2.24) is 5.32 Å². The van der Waals surface area contributed by atoms with Gasteiger partial charge in [-0.25, -0.2) is 0 Å². The average Bonchev–Trinajstić information content (AvgIpc) is 2.62. The van der Waals surface area contributed by atoms with Gasteiger partial charge in [0.15, 0.2) is 0 Å². The van der Waals surface area contributed by atoms with Crippen LogP contribution in [-0.2, 0) is 16.0 Å². The third-order valence-electron chi connectivity index (χ3n) is 3.52. The third-order valence-corrected chi connectivity index (χ3v) is 4.32. The summed E-state index contributed by atoms with van der Waals surface area (Å²) in [4.78, 5) is 23.0. The second kappa shape index (κ2) is 10.2. The number of carbonyl (C=O) groups excluding carboxylic acids is 2. The van der Waals surface area contributed by atoms with Gasteiger partial charge in [0, 0.05) is 19.2 Å². The maximum atomic E-state index is 12.0. The molecule has 0 saturated carbocycles. The van der Waals surface area contributed by atoms with Crippen molar-refractivity contribution in [2.75, 3.05) is 18.5 Å². The molecule has 0 spiro atoms. The molecule has 0 aromatic heterocycles. The largest absolute Gasteiger partial charge is 0.489 e. The molecule has 8 heteroatoms.